The number of halogens is 4. The summed E-state index contributed by atoms with van der Waals surface area (Å²) >= 11 is 27.4. The van der Waals surface area contributed by atoms with Gasteiger partial charge in [0.05, 0.1) is 24.3 Å². The molecule has 11 nitrogen and oxygen atoms in total. The molecule has 2 aliphatic carbocycles. The number of carbonyl (C=O) groups is 2. The Kier molecular flexibility index (Phi) is 16.1. The summed E-state index contributed by atoms with van der Waals surface area (Å²) in [4.78, 5) is 43.1. The van der Waals surface area contributed by atoms with Crippen LogP contribution >= 0.6 is 69.9 Å². The number of nitrogens with zero attached hydrogens (tertiary/aromatic N) is 5. The minimum atomic E-state index is -0.918. The first-order chi connectivity index (χ1) is 33.6. The average molecular weight is 1080 g/mol. The second kappa shape index (κ2) is 21.4. The van der Waals surface area contributed by atoms with Crippen LogP contribution in [-0.2, 0) is 20.7 Å². The van der Waals surface area contributed by atoms with Gasteiger partial charge in [-0.15, -0.1) is 0 Å². The highest BCUT2D eigenvalue weighted by Gasteiger charge is 2.55. The number of aliphatic imine (C=N–C) groups is 2. The lowest BCUT2D eigenvalue weighted by Crippen LogP contribution is -2.48. The first-order valence-electron chi connectivity index (χ1n) is 23.8. The number of aliphatic hydroxyl groups is 2. The maximum atomic E-state index is 13.6. The van der Waals surface area contributed by atoms with Gasteiger partial charge in [0.25, 0.3) is 5.91 Å². The van der Waals surface area contributed by atoms with Crippen LogP contribution in [0.4, 0.5) is 0 Å². The number of amides is 1. The minimum Gasteiger partial charge on any atom is -0.477 e. The van der Waals surface area contributed by atoms with E-state index in [1.54, 1.807) is 4.90 Å². The number of likely N-dealkylation sites (N-methyl/N-ethyl adjacent to an activating group) is 1. The molecule has 0 bridgehead atoms. The SMILES string of the molecule is CC(C)C1=C(C(=O)N(C)C2CC(O)C2)SC2=N[C@@](C)(c3ccc(Cl)cc3)[C@@H](c3ccc(Cl)cc3)N21.CC(C)C1=C(C(=O)O)SC2=N[C@@](C)(c3ccc(Cl)cc3)[C@@H](c3ccc(Cl)cc3)N21.CNC1CC(O)C1. The Morgan fingerprint density at radius 2 is 0.986 bits per heavy atom. The van der Waals surface area contributed by atoms with E-state index in [-0.39, 0.29) is 48.1 Å². The van der Waals surface area contributed by atoms with Crippen molar-refractivity contribution in [2.24, 2.45) is 21.8 Å². The van der Waals surface area contributed by atoms with Gasteiger partial charge < -0.3 is 35.3 Å². The number of fused-ring (bicyclic) bond motifs is 2. The summed E-state index contributed by atoms with van der Waals surface area (Å²) in [6, 6.07) is 31.5. The number of aliphatic carboxylic acids is 1. The summed E-state index contributed by atoms with van der Waals surface area (Å²) in [7, 11) is 3.76. The van der Waals surface area contributed by atoms with Gasteiger partial charge in [-0.25, -0.2) is 14.8 Å². The molecule has 376 valence electrons. The molecule has 0 aromatic heterocycles. The summed E-state index contributed by atoms with van der Waals surface area (Å²) < 4.78 is 0. The van der Waals surface area contributed by atoms with Crippen molar-refractivity contribution >= 4 is 92.1 Å². The summed E-state index contributed by atoms with van der Waals surface area (Å²) in [6.45, 7) is 12.5. The number of carbonyl (C=O) groups excluding carboxylic acids is 1. The quantitative estimate of drug-likeness (QED) is 0.121. The van der Waals surface area contributed by atoms with Crippen LogP contribution in [0.5, 0.6) is 0 Å². The topological polar surface area (TPSA) is 141 Å². The molecule has 2 saturated carbocycles. The number of amidine groups is 2. The van der Waals surface area contributed by atoms with Crippen molar-refractivity contribution in [2.75, 3.05) is 14.1 Å². The molecule has 0 radical (unpaired) electrons. The lowest BCUT2D eigenvalue weighted by atomic mass is 9.81. The highest BCUT2D eigenvalue weighted by atomic mass is 35.5. The number of allylic oxidation sites excluding steroid dienone is 2. The molecule has 17 heteroatoms. The molecule has 4 aliphatic heterocycles. The molecule has 2 fully saturated rings. The largest absolute Gasteiger partial charge is 0.477 e. The predicted octanol–water partition coefficient (Wildman–Crippen LogP) is 12.3. The number of aliphatic hydroxyl groups excluding tert-OH is 2. The molecule has 4 aromatic rings. The standard InChI is InChI=1S/C27H29Cl2N3O2S.C22H20Cl2N2O2S.C5H11NO/c1-15(2)22-23(25(34)31(4)20-13-21(33)14-20)35-26-30-27(3,17-7-11-19(29)12-8-17)24(32(22)26)16-5-9-18(28)10-6-16;1-12(2)17-18(20(27)28)29-21-25-22(3,14-6-10-16(24)11-7-14)19(26(17)21)13-4-8-15(23)9-5-13;1-6-4-2-5(7)3-4/h5-12,15,20-21,24,33H,13-14H2,1-4H3;4-12,19H,1-3H3,(H,27,28);4-7H,2-3H2,1H3/t20?,21?,24-,27+;19-,22+;/m11./s1. The molecular weight excluding hydrogens is 1020 g/mol. The van der Waals surface area contributed by atoms with E-state index in [0.717, 1.165) is 56.6 Å². The Hall–Kier alpha value is -4.02. The van der Waals surface area contributed by atoms with Gasteiger partial charge >= 0.3 is 5.97 Å². The Balaban J connectivity index is 0.000000169. The van der Waals surface area contributed by atoms with Crippen molar-refractivity contribution in [3.8, 4) is 0 Å². The number of carboxylic acid groups (broad SMARTS) is 1. The Labute approximate surface area is 445 Å². The van der Waals surface area contributed by atoms with Crippen molar-refractivity contribution < 1.29 is 24.9 Å². The monoisotopic (exact) mass is 1080 g/mol. The zero-order valence-electron chi connectivity index (χ0n) is 40.9. The minimum absolute atomic E-state index is 0.00393. The molecule has 4 atom stereocenters. The number of hydrogen-bond acceptors (Lipinski definition) is 11. The van der Waals surface area contributed by atoms with E-state index in [1.165, 1.54) is 23.5 Å². The van der Waals surface area contributed by atoms with Crippen LogP contribution < -0.4 is 5.32 Å². The highest BCUT2D eigenvalue weighted by molar-refractivity contribution is 8.18. The zero-order chi connectivity index (χ0) is 51.3. The van der Waals surface area contributed by atoms with Gasteiger partial charge in [0.1, 0.15) is 20.9 Å². The Bertz CT molecular complexity index is 2760. The first kappa shape index (κ1) is 53.3. The third-order valence-corrected chi connectivity index (χ3v) is 17.3. The molecule has 6 aliphatic rings. The summed E-state index contributed by atoms with van der Waals surface area (Å²) in [5.74, 6) is -0.782. The first-order valence-corrected chi connectivity index (χ1v) is 27.0. The number of hydrogen-bond donors (Lipinski definition) is 4. The van der Waals surface area contributed by atoms with E-state index >= 15 is 0 Å². The van der Waals surface area contributed by atoms with Gasteiger partial charge in [-0.3, -0.25) is 4.79 Å². The lowest BCUT2D eigenvalue weighted by molar-refractivity contribution is -0.132. The van der Waals surface area contributed by atoms with Crippen molar-refractivity contribution in [2.45, 2.75) is 115 Å². The van der Waals surface area contributed by atoms with Crippen LogP contribution in [0.2, 0.25) is 20.1 Å². The van der Waals surface area contributed by atoms with Crippen molar-refractivity contribution in [1.82, 2.24) is 20.0 Å². The number of benzene rings is 4. The number of rotatable bonds is 10. The summed E-state index contributed by atoms with van der Waals surface area (Å²) in [6.07, 6.45) is 2.81. The Morgan fingerprint density at radius 3 is 1.31 bits per heavy atom. The molecule has 0 saturated heterocycles. The van der Waals surface area contributed by atoms with Crippen LogP contribution in [0.1, 0.15) is 102 Å². The van der Waals surface area contributed by atoms with E-state index in [2.05, 4.69) is 42.8 Å². The fraction of sp³-hybridized carbons (Fsp3) is 0.407. The normalized spacial score (nSPS) is 27.3. The van der Waals surface area contributed by atoms with Crippen molar-refractivity contribution in [3.05, 3.63) is 161 Å². The third-order valence-electron chi connectivity index (χ3n) is 14.2. The van der Waals surface area contributed by atoms with Crippen LogP contribution in [0.3, 0.4) is 0 Å². The van der Waals surface area contributed by atoms with Crippen LogP contribution in [0.25, 0.3) is 0 Å². The van der Waals surface area contributed by atoms with E-state index in [4.69, 9.17) is 61.5 Å². The third kappa shape index (κ3) is 10.6. The molecule has 1 amide bonds. The summed E-state index contributed by atoms with van der Waals surface area (Å²) in [5.41, 5.74) is 4.77. The van der Waals surface area contributed by atoms with Gasteiger partial charge in [-0.05, 0) is 153 Å². The highest BCUT2D eigenvalue weighted by Crippen LogP contribution is 2.58. The van der Waals surface area contributed by atoms with Gasteiger partial charge in [-0.1, -0.05) is 123 Å². The second-order valence-corrected chi connectivity index (χ2v) is 23.5. The number of nitrogens with one attached hydrogen (secondary N) is 1. The van der Waals surface area contributed by atoms with E-state index in [9.17, 15) is 19.8 Å². The van der Waals surface area contributed by atoms with Crippen LogP contribution in [0.15, 0.2) is 128 Å². The number of carboxylic acids is 1. The average Bonchev–Trinajstić information content (AvgIpc) is 4.03. The Morgan fingerprint density at radius 1 is 0.634 bits per heavy atom. The smallest absolute Gasteiger partial charge is 0.344 e. The molecule has 10 rings (SSSR count). The van der Waals surface area contributed by atoms with Crippen molar-refractivity contribution in [3.63, 3.8) is 0 Å². The van der Waals surface area contributed by atoms with Gasteiger partial charge in [0, 0.05) is 50.6 Å². The molecule has 0 spiro atoms. The fourth-order valence-corrected chi connectivity index (χ4v) is 13.3. The molecule has 4 aromatic carbocycles. The predicted molar refractivity (Wildman–Crippen MR) is 291 cm³/mol. The molecule has 71 heavy (non-hydrogen) atoms. The van der Waals surface area contributed by atoms with Crippen LogP contribution in [-0.4, -0.2) is 90.6 Å². The lowest BCUT2D eigenvalue weighted by Gasteiger charge is -2.39. The number of thioether (sulfide) groups is 2. The van der Waals surface area contributed by atoms with E-state index in [1.807, 2.05) is 125 Å². The maximum Gasteiger partial charge on any atom is 0.344 e. The van der Waals surface area contributed by atoms with E-state index < -0.39 is 17.0 Å². The zero-order valence-corrected chi connectivity index (χ0v) is 45.6. The summed E-state index contributed by atoms with van der Waals surface area (Å²) in [5, 5.41) is 35.5. The maximum absolute atomic E-state index is 13.6. The van der Waals surface area contributed by atoms with Gasteiger partial charge in [-0.2, -0.15) is 0 Å². The second-order valence-electron chi connectivity index (χ2n) is 19.8. The molecular formula is C54H60Cl4N6O5S2. The molecule has 4 N–H and O–H groups in total. The molecule has 0 unspecified atom stereocenters. The fourth-order valence-electron chi connectivity index (χ4n) is 10.2. The van der Waals surface area contributed by atoms with E-state index in [0.29, 0.717) is 49.0 Å². The van der Waals surface area contributed by atoms with Crippen molar-refractivity contribution in [1.29, 1.82) is 0 Å². The van der Waals surface area contributed by atoms with Gasteiger partial charge in [0.2, 0.25) is 0 Å². The molecule has 4 heterocycles. The van der Waals surface area contributed by atoms with Gasteiger partial charge in [0.15, 0.2) is 10.3 Å². The van der Waals surface area contributed by atoms with Crippen LogP contribution in [0, 0.1) is 11.8 Å².